The molecule has 0 aromatic rings. The normalized spacial score (nSPS) is 11.2. The minimum atomic E-state index is -3.23. The van der Waals surface area contributed by atoms with Crippen LogP contribution >= 0.6 is 0 Å². The van der Waals surface area contributed by atoms with Crippen LogP contribution in [0.4, 0.5) is 0 Å². The van der Waals surface area contributed by atoms with Gasteiger partial charge < -0.3 is 14.6 Å². The molecule has 0 radical (unpaired) electrons. The molecule has 0 saturated carbocycles. The molecule has 0 aromatic heterocycles. The van der Waals surface area contributed by atoms with Crippen molar-refractivity contribution in [2.24, 2.45) is 0 Å². The zero-order chi connectivity index (χ0) is 14.6. The van der Waals surface area contributed by atoms with Gasteiger partial charge in [-0.25, -0.2) is 8.42 Å². The van der Waals surface area contributed by atoms with E-state index >= 15 is 0 Å². The zero-order valence-electron chi connectivity index (χ0n) is 11.0. The van der Waals surface area contributed by atoms with Crippen LogP contribution in [0.15, 0.2) is 12.0 Å². The van der Waals surface area contributed by atoms with Crippen LogP contribution in [0, 0.1) is 0 Å². The summed E-state index contributed by atoms with van der Waals surface area (Å²) in [7, 11) is -3.23. The molecule has 0 amide bonds. The first-order valence-electron chi connectivity index (χ1n) is 6.21. The van der Waals surface area contributed by atoms with Crippen molar-refractivity contribution in [2.75, 3.05) is 32.2 Å². The van der Waals surface area contributed by atoms with Gasteiger partial charge in [0.05, 0.1) is 19.0 Å². The fourth-order valence-electron chi connectivity index (χ4n) is 1.20. The predicted molar refractivity (Wildman–Crippen MR) is 71.3 cm³/mol. The Balaban J connectivity index is 3.39. The van der Waals surface area contributed by atoms with E-state index < -0.39 is 9.84 Å². The van der Waals surface area contributed by atoms with E-state index in [1.807, 2.05) is 0 Å². The van der Waals surface area contributed by atoms with E-state index in [0.717, 1.165) is 11.8 Å². The zero-order valence-corrected chi connectivity index (χ0v) is 11.9. The second-order valence-electron chi connectivity index (χ2n) is 3.90. The average Bonchev–Trinajstić information content (AvgIpc) is 2.39. The molecule has 0 aliphatic carbocycles. The summed E-state index contributed by atoms with van der Waals surface area (Å²) in [5.74, 6) is -0.425. The molecule has 0 aromatic carbocycles. The lowest BCUT2D eigenvalue weighted by Gasteiger charge is -2.05. The third kappa shape index (κ3) is 11.9. The summed E-state index contributed by atoms with van der Waals surface area (Å²) in [6.45, 7) is 3.67. The van der Waals surface area contributed by atoms with E-state index in [9.17, 15) is 13.2 Å². The van der Waals surface area contributed by atoms with Crippen molar-refractivity contribution in [1.29, 1.82) is 0 Å². The van der Waals surface area contributed by atoms with E-state index in [0.29, 0.717) is 19.3 Å². The molecule has 7 heteroatoms. The first-order valence-corrected chi connectivity index (χ1v) is 7.93. The van der Waals surface area contributed by atoms with Crippen molar-refractivity contribution in [2.45, 2.75) is 25.7 Å². The highest BCUT2D eigenvalue weighted by Crippen LogP contribution is 2.00. The molecule has 0 saturated heterocycles. The molecule has 0 atom stereocenters. The molecule has 0 spiro atoms. The van der Waals surface area contributed by atoms with Gasteiger partial charge >= 0.3 is 5.97 Å². The molecule has 0 bridgehead atoms. The largest absolute Gasteiger partial charge is 0.463 e. The van der Waals surface area contributed by atoms with E-state index in [1.54, 1.807) is 0 Å². The maximum atomic E-state index is 11.2. The summed E-state index contributed by atoms with van der Waals surface area (Å²) in [4.78, 5) is 11.2. The van der Waals surface area contributed by atoms with E-state index in [2.05, 4.69) is 6.58 Å². The van der Waals surface area contributed by atoms with Crippen LogP contribution in [-0.2, 0) is 24.1 Å². The minimum Gasteiger partial charge on any atom is -0.463 e. The smallest absolute Gasteiger partial charge is 0.305 e. The molecule has 6 nitrogen and oxygen atoms in total. The number of carbonyl (C=O) groups excluding carboxylic acids is 1. The number of carbonyl (C=O) groups is 1. The van der Waals surface area contributed by atoms with Gasteiger partial charge in [0.15, 0.2) is 9.84 Å². The van der Waals surface area contributed by atoms with E-state index in [-0.39, 0.29) is 38.1 Å². The summed E-state index contributed by atoms with van der Waals surface area (Å²) in [6, 6.07) is 0. The third-order valence-corrected chi connectivity index (χ3v) is 3.54. The van der Waals surface area contributed by atoms with Crippen LogP contribution in [-0.4, -0.2) is 51.7 Å². The number of ether oxygens (including phenoxy) is 2. The lowest BCUT2D eigenvalue weighted by Crippen LogP contribution is -2.14. The predicted octanol–water partition coefficient (Wildman–Crippen LogP) is 0.657. The van der Waals surface area contributed by atoms with Crippen molar-refractivity contribution in [1.82, 2.24) is 0 Å². The Kier molecular flexibility index (Phi) is 10.4. The Morgan fingerprint density at radius 1 is 1.16 bits per heavy atom. The van der Waals surface area contributed by atoms with Gasteiger partial charge in [-0.2, -0.15) is 0 Å². The second-order valence-corrected chi connectivity index (χ2v) is 5.97. The lowest BCUT2D eigenvalue weighted by molar-refractivity contribution is -0.145. The van der Waals surface area contributed by atoms with E-state index in [1.165, 1.54) is 0 Å². The van der Waals surface area contributed by atoms with Gasteiger partial charge in [-0.3, -0.25) is 4.79 Å². The third-order valence-electron chi connectivity index (χ3n) is 2.30. The summed E-state index contributed by atoms with van der Waals surface area (Å²) >= 11 is 0. The van der Waals surface area contributed by atoms with Crippen LogP contribution < -0.4 is 0 Å². The standard InChI is InChI=1S/C12H22O6S/c1-2-19(15,16)11-10-17-8-9-18-12(14)6-4-3-5-7-13/h2,13H,1,3-11H2. The van der Waals surface area contributed by atoms with Gasteiger partial charge in [-0.05, 0) is 12.8 Å². The first-order chi connectivity index (χ1) is 9.02. The van der Waals surface area contributed by atoms with Crippen LogP contribution in [0.5, 0.6) is 0 Å². The van der Waals surface area contributed by atoms with Crippen molar-refractivity contribution in [3.05, 3.63) is 12.0 Å². The van der Waals surface area contributed by atoms with Gasteiger partial charge in [0, 0.05) is 18.4 Å². The lowest BCUT2D eigenvalue weighted by atomic mass is 10.2. The maximum Gasteiger partial charge on any atom is 0.305 e. The van der Waals surface area contributed by atoms with E-state index in [4.69, 9.17) is 14.6 Å². The number of unbranched alkanes of at least 4 members (excludes halogenated alkanes) is 2. The van der Waals surface area contributed by atoms with Crippen LogP contribution in [0.2, 0.25) is 0 Å². The molecule has 1 N–H and O–H groups in total. The first kappa shape index (κ1) is 18.1. The highest BCUT2D eigenvalue weighted by Gasteiger charge is 2.05. The summed E-state index contributed by atoms with van der Waals surface area (Å²) < 4.78 is 31.9. The number of hydrogen-bond donors (Lipinski definition) is 1. The van der Waals surface area contributed by atoms with Crippen LogP contribution in [0.25, 0.3) is 0 Å². The Morgan fingerprint density at radius 2 is 1.89 bits per heavy atom. The number of rotatable bonds is 12. The minimum absolute atomic E-state index is 0.0579. The summed E-state index contributed by atoms with van der Waals surface area (Å²) in [6.07, 6.45) is 2.50. The molecular weight excluding hydrogens is 272 g/mol. The Labute approximate surface area is 114 Å². The van der Waals surface area contributed by atoms with Gasteiger partial charge in [-0.15, -0.1) is 0 Å². The molecule has 0 rings (SSSR count). The van der Waals surface area contributed by atoms with Gasteiger partial charge in [0.1, 0.15) is 6.61 Å². The molecule has 0 heterocycles. The highest BCUT2D eigenvalue weighted by molar-refractivity contribution is 7.94. The van der Waals surface area contributed by atoms with Gasteiger partial charge in [0.2, 0.25) is 0 Å². The average molecular weight is 294 g/mol. The molecule has 112 valence electrons. The molecule has 0 aliphatic heterocycles. The highest BCUT2D eigenvalue weighted by atomic mass is 32.2. The van der Waals surface area contributed by atoms with Crippen molar-refractivity contribution >= 4 is 15.8 Å². The van der Waals surface area contributed by atoms with Crippen LogP contribution in [0.3, 0.4) is 0 Å². The SMILES string of the molecule is C=CS(=O)(=O)CCOCCOC(=O)CCCCCO. The Morgan fingerprint density at radius 3 is 2.53 bits per heavy atom. The quantitative estimate of drug-likeness (QED) is 0.420. The van der Waals surface area contributed by atoms with Crippen molar-refractivity contribution < 1.29 is 27.8 Å². The molecule has 0 aliphatic rings. The second kappa shape index (κ2) is 11.0. The van der Waals surface area contributed by atoms with Crippen molar-refractivity contribution in [3.8, 4) is 0 Å². The maximum absolute atomic E-state index is 11.2. The number of aliphatic hydroxyl groups is 1. The molecule has 0 fully saturated rings. The molecule has 19 heavy (non-hydrogen) atoms. The fraction of sp³-hybridized carbons (Fsp3) is 0.750. The van der Waals surface area contributed by atoms with Crippen molar-refractivity contribution in [3.63, 3.8) is 0 Å². The topological polar surface area (TPSA) is 89.9 Å². The fourth-order valence-corrected chi connectivity index (χ4v) is 1.72. The Bertz CT molecular complexity index is 349. The number of hydrogen-bond acceptors (Lipinski definition) is 6. The summed E-state index contributed by atoms with van der Waals surface area (Å²) in [5.41, 5.74) is 0. The number of esters is 1. The number of sulfone groups is 1. The number of aliphatic hydroxyl groups excluding tert-OH is 1. The monoisotopic (exact) mass is 294 g/mol. The molecule has 0 unspecified atom stereocenters. The summed E-state index contributed by atoms with van der Waals surface area (Å²) in [5, 5.41) is 9.44. The van der Waals surface area contributed by atoms with Gasteiger partial charge in [-0.1, -0.05) is 13.0 Å². The molecular formula is C12H22O6S. The Hall–Kier alpha value is -0.920. The van der Waals surface area contributed by atoms with Crippen LogP contribution in [0.1, 0.15) is 25.7 Å². The van der Waals surface area contributed by atoms with Gasteiger partial charge in [0.25, 0.3) is 0 Å².